The van der Waals surface area contributed by atoms with Crippen molar-refractivity contribution in [2.75, 3.05) is 13.1 Å². The van der Waals surface area contributed by atoms with Crippen molar-refractivity contribution in [3.63, 3.8) is 0 Å². The summed E-state index contributed by atoms with van der Waals surface area (Å²) < 4.78 is 7.73. The number of carbonyl (C=O) groups is 1. The SMILES string of the molecule is O=C(C1CC1)N1CCC(Cn2c(-c3ccc(-c4ccc5occc5c4)cc3)nc3cccnc32)C1. The van der Waals surface area contributed by atoms with E-state index in [1.54, 1.807) is 6.26 Å². The molecular formula is C29H26N4O2. The van der Waals surface area contributed by atoms with Crippen molar-refractivity contribution in [3.8, 4) is 22.5 Å². The Labute approximate surface area is 203 Å². The lowest BCUT2D eigenvalue weighted by molar-refractivity contribution is -0.131. The first-order valence-electron chi connectivity index (χ1n) is 12.4. The number of carbonyl (C=O) groups excluding carboxylic acids is 1. The summed E-state index contributed by atoms with van der Waals surface area (Å²) in [6.07, 6.45) is 6.70. The molecular weight excluding hydrogens is 436 g/mol. The minimum atomic E-state index is 0.285. The van der Waals surface area contributed by atoms with Gasteiger partial charge in [0.15, 0.2) is 5.65 Å². The first-order chi connectivity index (χ1) is 17.2. The molecule has 1 aliphatic carbocycles. The van der Waals surface area contributed by atoms with Gasteiger partial charge in [0.1, 0.15) is 16.9 Å². The summed E-state index contributed by atoms with van der Waals surface area (Å²) in [5.74, 6) is 1.98. The van der Waals surface area contributed by atoms with Crippen molar-refractivity contribution in [1.29, 1.82) is 0 Å². The van der Waals surface area contributed by atoms with Crippen molar-refractivity contribution in [1.82, 2.24) is 19.4 Å². The maximum absolute atomic E-state index is 12.6. The highest BCUT2D eigenvalue weighted by Gasteiger charge is 2.36. The fraction of sp³-hybridized carbons (Fsp3) is 0.276. The Morgan fingerprint density at radius 2 is 1.80 bits per heavy atom. The molecule has 1 saturated carbocycles. The minimum Gasteiger partial charge on any atom is -0.464 e. The number of rotatable bonds is 5. The van der Waals surface area contributed by atoms with E-state index < -0.39 is 0 Å². The van der Waals surface area contributed by atoms with Crippen LogP contribution in [0.5, 0.6) is 0 Å². The van der Waals surface area contributed by atoms with E-state index in [4.69, 9.17) is 9.40 Å². The number of aromatic nitrogens is 3. The van der Waals surface area contributed by atoms with Gasteiger partial charge >= 0.3 is 0 Å². The normalized spacial score (nSPS) is 18.1. The van der Waals surface area contributed by atoms with Crippen molar-refractivity contribution >= 4 is 28.0 Å². The van der Waals surface area contributed by atoms with E-state index in [-0.39, 0.29) is 5.92 Å². The number of pyridine rings is 1. The Bertz CT molecular complexity index is 1540. The standard InChI is InChI=1S/C29H26N4O2/c34-29(22-7-8-22)32-14-11-19(17-32)18-33-27(31-25-2-1-13-30-28(25)33)21-5-3-20(4-6-21)23-9-10-26-24(16-23)12-15-35-26/h1-6,9-10,12-13,15-16,19,22H,7-8,11,14,17-18H2. The van der Waals surface area contributed by atoms with E-state index in [0.29, 0.717) is 11.8 Å². The van der Waals surface area contributed by atoms with Crippen LogP contribution in [0.3, 0.4) is 0 Å². The molecule has 1 saturated heterocycles. The highest BCUT2D eigenvalue weighted by atomic mass is 16.3. The van der Waals surface area contributed by atoms with Crippen LogP contribution in [0.2, 0.25) is 0 Å². The van der Waals surface area contributed by atoms with Gasteiger partial charge in [0.25, 0.3) is 0 Å². The zero-order chi connectivity index (χ0) is 23.4. The number of likely N-dealkylation sites (tertiary alicyclic amines) is 1. The lowest BCUT2D eigenvalue weighted by Crippen LogP contribution is -2.30. The van der Waals surface area contributed by atoms with E-state index >= 15 is 0 Å². The monoisotopic (exact) mass is 462 g/mol. The predicted molar refractivity (Wildman–Crippen MR) is 136 cm³/mol. The van der Waals surface area contributed by atoms with E-state index in [2.05, 4.69) is 50.8 Å². The Hall–Kier alpha value is -3.93. The molecule has 6 nitrogen and oxygen atoms in total. The fourth-order valence-corrected chi connectivity index (χ4v) is 5.34. The third-order valence-electron chi connectivity index (χ3n) is 7.40. The van der Waals surface area contributed by atoms with Gasteiger partial charge in [-0.05, 0) is 66.6 Å². The minimum absolute atomic E-state index is 0.285. The van der Waals surface area contributed by atoms with Crippen LogP contribution in [0.25, 0.3) is 44.6 Å². The van der Waals surface area contributed by atoms with E-state index in [9.17, 15) is 4.79 Å². The molecule has 6 heteroatoms. The van der Waals surface area contributed by atoms with E-state index in [0.717, 1.165) is 83.5 Å². The van der Waals surface area contributed by atoms with Crippen molar-refractivity contribution in [2.24, 2.45) is 11.8 Å². The third-order valence-corrected chi connectivity index (χ3v) is 7.40. The molecule has 4 heterocycles. The second kappa shape index (κ2) is 8.08. The Morgan fingerprint density at radius 3 is 2.66 bits per heavy atom. The van der Waals surface area contributed by atoms with Gasteiger partial charge in [0.05, 0.1) is 6.26 Å². The maximum Gasteiger partial charge on any atom is 0.225 e. The van der Waals surface area contributed by atoms with Gasteiger partial charge < -0.3 is 13.9 Å². The number of hydrogen-bond donors (Lipinski definition) is 0. The molecule has 0 N–H and O–H groups in total. The van der Waals surface area contributed by atoms with Crippen molar-refractivity contribution in [3.05, 3.63) is 73.1 Å². The van der Waals surface area contributed by atoms with Crippen LogP contribution >= 0.6 is 0 Å². The Balaban J connectivity index is 1.19. The van der Waals surface area contributed by atoms with Crippen molar-refractivity contribution < 1.29 is 9.21 Å². The van der Waals surface area contributed by atoms with Crippen LogP contribution in [0.4, 0.5) is 0 Å². The molecule has 1 amide bonds. The smallest absolute Gasteiger partial charge is 0.225 e. The van der Waals surface area contributed by atoms with E-state index in [1.807, 2.05) is 30.5 Å². The van der Waals surface area contributed by atoms with Gasteiger partial charge in [-0.25, -0.2) is 9.97 Å². The van der Waals surface area contributed by atoms with E-state index in [1.165, 1.54) is 0 Å². The third kappa shape index (κ3) is 3.70. The summed E-state index contributed by atoms with van der Waals surface area (Å²) in [5, 5.41) is 1.10. The molecule has 1 atom stereocenters. The summed E-state index contributed by atoms with van der Waals surface area (Å²) >= 11 is 0. The Morgan fingerprint density at radius 1 is 0.971 bits per heavy atom. The first kappa shape index (κ1) is 20.4. The summed E-state index contributed by atoms with van der Waals surface area (Å²) in [6, 6.07) is 20.8. The Kier molecular flexibility index (Phi) is 4.72. The number of hydrogen-bond acceptors (Lipinski definition) is 4. The van der Waals surface area contributed by atoms with Gasteiger partial charge in [0, 0.05) is 42.7 Å². The van der Waals surface area contributed by atoms with Crippen LogP contribution in [-0.4, -0.2) is 38.4 Å². The maximum atomic E-state index is 12.6. The van der Waals surface area contributed by atoms with Gasteiger partial charge in [0.2, 0.25) is 5.91 Å². The molecule has 3 aromatic heterocycles. The molecule has 0 spiro atoms. The fourth-order valence-electron chi connectivity index (χ4n) is 5.34. The highest BCUT2D eigenvalue weighted by Crippen LogP contribution is 2.34. The summed E-state index contributed by atoms with van der Waals surface area (Å²) in [6.45, 7) is 2.51. The second-order valence-electron chi connectivity index (χ2n) is 9.86. The number of nitrogens with zero attached hydrogens (tertiary/aromatic N) is 4. The second-order valence-corrected chi connectivity index (χ2v) is 9.86. The van der Waals surface area contributed by atoms with Crippen LogP contribution in [0.15, 0.2) is 77.5 Å². The van der Waals surface area contributed by atoms with Crippen LogP contribution in [0.1, 0.15) is 19.3 Å². The molecule has 0 bridgehead atoms. The van der Waals surface area contributed by atoms with Crippen LogP contribution in [0, 0.1) is 11.8 Å². The van der Waals surface area contributed by atoms with Gasteiger partial charge in [-0.15, -0.1) is 0 Å². The molecule has 1 unspecified atom stereocenters. The average Bonchev–Trinajstić information content (AvgIpc) is 3.30. The molecule has 1 aliphatic heterocycles. The van der Waals surface area contributed by atoms with Crippen molar-refractivity contribution in [2.45, 2.75) is 25.8 Å². The van der Waals surface area contributed by atoms with Gasteiger partial charge in [-0.2, -0.15) is 0 Å². The summed E-state index contributed by atoms with van der Waals surface area (Å²) in [7, 11) is 0. The molecule has 2 aliphatic rings. The largest absolute Gasteiger partial charge is 0.464 e. The summed E-state index contributed by atoms with van der Waals surface area (Å²) in [4.78, 5) is 24.2. The molecule has 7 rings (SSSR count). The number of furan rings is 1. The molecule has 0 radical (unpaired) electrons. The molecule has 35 heavy (non-hydrogen) atoms. The number of benzene rings is 2. The topological polar surface area (TPSA) is 64.2 Å². The zero-order valence-electron chi connectivity index (χ0n) is 19.4. The number of amides is 1. The number of imidazole rings is 1. The zero-order valence-corrected chi connectivity index (χ0v) is 19.4. The molecule has 174 valence electrons. The van der Waals surface area contributed by atoms with Crippen LogP contribution < -0.4 is 0 Å². The average molecular weight is 463 g/mol. The predicted octanol–water partition coefficient (Wildman–Crippen LogP) is 5.77. The highest BCUT2D eigenvalue weighted by molar-refractivity contribution is 5.84. The quantitative estimate of drug-likeness (QED) is 0.333. The molecule has 2 fully saturated rings. The molecule has 5 aromatic rings. The van der Waals surface area contributed by atoms with Crippen LogP contribution in [-0.2, 0) is 11.3 Å². The van der Waals surface area contributed by atoms with Gasteiger partial charge in [-0.3, -0.25) is 4.79 Å². The number of fused-ring (bicyclic) bond motifs is 2. The van der Waals surface area contributed by atoms with Gasteiger partial charge in [-0.1, -0.05) is 30.3 Å². The first-order valence-corrected chi connectivity index (χ1v) is 12.4. The summed E-state index contributed by atoms with van der Waals surface area (Å²) in [5.41, 5.74) is 6.09. The molecule has 2 aromatic carbocycles. The lowest BCUT2D eigenvalue weighted by Gasteiger charge is -2.17. The lowest BCUT2D eigenvalue weighted by atomic mass is 10.0.